The second-order valence-corrected chi connectivity index (χ2v) is 4.80. The first kappa shape index (κ1) is 11.7. The Bertz CT molecular complexity index is 529. The topological polar surface area (TPSA) is 53.1 Å². The zero-order chi connectivity index (χ0) is 12.4. The van der Waals surface area contributed by atoms with Gasteiger partial charge in [-0.3, -0.25) is 0 Å². The molecule has 1 aromatic heterocycles. The minimum atomic E-state index is 0.333. The van der Waals surface area contributed by atoms with E-state index in [2.05, 4.69) is 27.8 Å². The molecule has 0 amide bonds. The molecule has 1 atom stereocenters. The number of benzene rings is 1. The van der Waals surface area contributed by atoms with Crippen LogP contribution in [0.5, 0.6) is 0 Å². The van der Waals surface area contributed by atoms with Crippen LogP contribution in [-0.4, -0.2) is 28.8 Å². The minimum absolute atomic E-state index is 0.333. The van der Waals surface area contributed by atoms with Crippen LogP contribution in [0.2, 0.25) is 0 Å². The zero-order valence-corrected chi connectivity index (χ0v) is 10.5. The molecule has 2 heterocycles. The Morgan fingerprint density at radius 2 is 2.28 bits per heavy atom. The van der Waals surface area contributed by atoms with Crippen LogP contribution in [0.25, 0.3) is 11.0 Å². The van der Waals surface area contributed by atoms with Crippen molar-refractivity contribution in [2.75, 3.05) is 13.2 Å². The molecule has 4 nitrogen and oxygen atoms in total. The van der Waals surface area contributed by atoms with Gasteiger partial charge < -0.3 is 15.0 Å². The fourth-order valence-electron chi connectivity index (χ4n) is 2.64. The van der Waals surface area contributed by atoms with E-state index in [9.17, 15) is 0 Å². The van der Waals surface area contributed by atoms with Crippen LogP contribution in [-0.2, 0) is 17.7 Å². The van der Waals surface area contributed by atoms with Crippen LogP contribution in [0.15, 0.2) is 24.3 Å². The van der Waals surface area contributed by atoms with Crippen molar-refractivity contribution in [3.05, 3.63) is 30.1 Å². The maximum Gasteiger partial charge on any atom is 0.111 e. The third kappa shape index (κ3) is 2.13. The molecule has 0 saturated carbocycles. The summed E-state index contributed by atoms with van der Waals surface area (Å²) >= 11 is 0. The maximum absolute atomic E-state index is 5.73. The summed E-state index contributed by atoms with van der Waals surface area (Å²) in [6, 6.07) is 8.26. The van der Waals surface area contributed by atoms with Crippen LogP contribution in [0, 0.1) is 0 Å². The first-order valence-corrected chi connectivity index (χ1v) is 6.64. The van der Waals surface area contributed by atoms with E-state index in [1.807, 2.05) is 6.07 Å². The van der Waals surface area contributed by atoms with Gasteiger partial charge in [-0.1, -0.05) is 12.1 Å². The molecule has 3 rings (SSSR count). The normalized spacial score (nSPS) is 19.7. The molecular weight excluding hydrogens is 226 g/mol. The second-order valence-electron chi connectivity index (χ2n) is 4.80. The molecule has 1 aliphatic heterocycles. The lowest BCUT2D eigenvalue weighted by Crippen LogP contribution is -2.18. The molecule has 18 heavy (non-hydrogen) atoms. The van der Waals surface area contributed by atoms with Crippen LogP contribution >= 0.6 is 0 Å². The Hall–Kier alpha value is -1.39. The first-order valence-electron chi connectivity index (χ1n) is 6.64. The quantitative estimate of drug-likeness (QED) is 0.892. The van der Waals surface area contributed by atoms with E-state index in [-0.39, 0.29) is 0 Å². The summed E-state index contributed by atoms with van der Waals surface area (Å²) in [5, 5.41) is 0. The summed E-state index contributed by atoms with van der Waals surface area (Å²) < 4.78 is 8.00. The predicted octanol–water partition coefficient (Wildman–Crippen LogP) is 1.72. The molecule has 1 saturated heterocycles. The monoisotopic (exact) mass is 245 g/mol. The van der Waals surface area contributed by atoms with Gasteiger partial charge in [-0.2, -0.15) is 0 Å². The number of fused-ring (bicyclic) bond motifs is 1. The molecule has 1 aromatic carbocycles. The summed E-state index contributed by atoms with van der Waals surface area (Å²) in [7, 11) is 0. The van der Waals surface area contributed by atoms with Gasteiger partial charge in [0, 0.05) is 13.0 Å². The van der Waals surface area contributed by atoms with Gasteiger partial charge in [0.25, 0.3) is 0 Å². The molecule has 96 valence electrons. The lowest BCUT2D eigenvalue weighted by Gasteiger charge is -2.13. The van der Waals surface area contributed by atoms with Gasteiger partial charge in [-0.25, -0.2) is 4.98 Å². The number of ether oxygens (including phenoxy) is 1. The Labute approximate surface area is 107 Å². The van der Waals surface area contributed by atoms with Crippen molar-refractivity contribution in [2.24, 2.45) is 5.73 Å². The molecule has 2 N–H and O–H groups in total. The molecular formula is C14H19N3O. The molecule has 0 bridgehead atoms. The third-order valence-corrected chi connectivity index (χ3v) is 3.51. The van der Waals surface area contributed by atoms with E-state index < -0.39 is 0 Å². The fraction of sp³-hybridized carbons (Fsp3) is 0.500. The second kappa shape index (κ2) is 5.08. The Kier molecular flexibility index (Phi) is 3.30. The Balaban J connectivity index is 1.97. The lowest BCUT2D eigenvalue weighted by molar-refractivity contribution is 0.0972. The number of hydrogen-bond acceptors (Lipinski definition) is 3. The number of rotatable bonds is 4. The molecule has 4 heteroatoms. The van der Waals surface area contributed by atoms with Crippen LogP contribution in [0.3, 0.4) is 0 Å². The van der Waals surface area contributed by atoms with Crippen molar-refractivity contribution in [1.82, 2.24) is 9.55 Å². The largest absolute Gasteiger partial charge is 0.376 e. The van der Waals surface area contributed by atoms with Gasteiger partial charge in [0.15, 0.2) is 0 Å². The van der Waals surface area contributed by atoms with Crippen molar-refractivity contribution in [2.45, 2.75) is 31.9 Å². The van der Waals surface area contributed by atoms with Crippen molar-refractivity contribution >= 4 is 11.0 Å². The van der Waals surface area contributed by atoms with Gasteiger partial charge in [0.05, 0.1) is 23.7 Å². The van der Waals surface area contributed by atoms with Crippen LogP contribution in [0.1, 0.15) is 18.7 Å². The number of nitrogens with zero attached hydrogens (tertiary/aromatic N) is 2. The molecule has 1 fully saturated rings. The van der Waals surface area contributed by atoms with Crippen LogP contribution < -0.4 is 5.73 Å². The summed E-state index contributed by atoms with van der Waals surface area (Å²) in [5.74, 6) is 1.08. The van der Waals surface area contributed by atoms with Crippen molar-refractivity contribution < 1.29 is 4.74 Å². The van der Waals surface area contributed by atoms with E-state index in [1.54, 1.807) is 0 Å². The summed E-state index contributed by atoms with van der Waals surface area (Å²) in [4.78, 5) is 4.67. The Morgan fingerprint density at radius 1 is 1.39 bits per heavy atom. The average Bonchev–Trinajstić information content (AvgIpc) is 3.00. The predicted molar refractivity (Wildman–Crippen MR) is 71.5 cm³/mol. The van der Waals surface area contributed by atoms with Crippen molar-refractivity contribution in [3.63, 3.8) is 0 Å². The lowest BCUT2D eigenvalue weighted by atomic mass is 10.2. The number of hydrogen-bond donors (Lipinski definition) is 1. The van der Waals surface area contributed by atoms with Crippen molar-refractivity contribution in [1.29, 1.82) is 0 Å². The zero-order valence-electron chi connectivity index (χ0n) is 10.5. The van der Waals surface area contributed by atoms with E-state index in [0.29, 0.717) is 12.6 Å². The van der Waals surface area contributed by atoms with E-state index in [0.717, 1.165) is 37.3 Å². The van der Waals surface area contributed by atoms with E-state index >= 15 is 0 Å². The summed E-state index contributed by atoms with van der Waals surface area (Å²) in [5.41, 5.74) is 7.92. The summed E-state index contributed by atoms with van der Waals surface area (Å²) in [6.07, 6.45) is 3.47. The van der Waals surface area contributed by atoms with Gasteiger partial charge in [-0.05, 0) is 31.5 Å². The number of imidazole rings is 1. The number of aromatic nitrogens is 2. The molecule has 2 aromatic rings. The Morgan fingerprint density at radius 3 is 3.06 bits per heavy atom. The first-order chi connectivity index (χ1) is 8.88. The van der Waals surface area contributed by atoms with Crippen molar-refractivity contribution in [3.8, 4) is 0 Å². The maximum atomic E-state index is 5.73. The molecule has 0 spiro atoms. The van der Waals surface area contributed by atoms with E-state index in [1.165, 1.54) is 11.9 Å². The third-order valence-electron chi connectivity index (χ3n) is 3.51. The smallest absolute Gasteiger partial charge is 0.111 e. The van der Waals surface area contributed by atoms with Gasteiger partial charge in [0.2, 0.25) is 0 Å². The molecule has 1 unspecified atom stereocenters. The SMILES string of the molecule is NCCc1nc2ccccc2n1CC1CCCO1. The summed E-state index contributed by atoms with van der Waals surface area (Å²) in [6.45, 7) is 2.42. The highest BCUT2D eigenvalue weighted by Gasteiger charge is 2.19. The van der Waals surface area contributed by atoms with E-state index in [4.69, 9.17) is 10.5 Å². The molecule has 0 radical (unpaired) electrons. The minimum Gasteiger partial charge on any atom is -0.376 e. The highest BCUT2D eigenvalue weighted by Crippen LogP contribution is 2.20. The fourth-order valence-corrected chi connectivity index (χ4v) is 2.64. The number of nitrogens with two attached hydrogens (primary N) is 1. The number of para-hydroxylation sites is 2. The molecule has 0 aliphatic carbocycles. The van der Waals surface area contributed by atoms with Crippen LogP contribution in [0.4, 0.5) is 0 Å². The standard InChI is InChI=1S/C14H19N3O/c15-8-7-14-16-12-5-1-2-6-13(12)17(14)10-11-4-3-9-18-11/h1-2,5-6,11H,3-4,7-10,15H2. The van der Waals surface area contributed by atoms with Gasteiger partial charge in [-0.15, -0.1) is 0 Å². The van der Waals surface area contributed by atoms with Gasteiger partial charge >= 0.3 is 0 Å². The van der Waals surface area contributed by atoms with Gasteiger partial charge in [0.1, 0.15) is 5.82 Å². The highest BCUT2D eigenvalue weighted by molar-refractivity contribution is 5.75. The highest BCUT2D eigenvalue weighted by atomic mass is 16.5. The molecule has 1 aliphatic rings. The average molecular weight is 245 g/mol.